The Balaban J connectivity index is 1.94. The number of anilines is 1. The minimum atomic E-state index is -1.53. The SMILES string of the molecule is FCC(F)c1ccc(NCc2cccnc2)cc1. The molecule has 0 fully saturated rings. The van der Waals surface area contributed by atoms with Crippen molar-refractivity contribution >= 4 is 5.69 Å². The summed E-state index contributed by atoms with van der Waals surface area (Å²) in [6.07, 6.45) is 1.97. The van der Waals surface area contributed by atoms with Gasteiger partial charge in [0.15, 0.2) is 6.17 Å². The van der Waals surface area contributed by atoms with Gasteiger partial charge in [0.2, 0.25) is 0 Å². The van der Waals surface area contributed by atoms with Crippen LogP contribution in [0.2, 0.25) is 0 Å². The Bertz CT molecular complexity index is 471. The zero-order valence-electron chi connectivity index (χ0n) is 9.81. The molecule has 0 amide bonds. The van der Waals surface area contributed by atoms with Crippen LogP contribution in [0.4, 0.5) is 14.5 Å². The van der Waals surface area contributed by atoms with Gasteiger partial charge >= 0.3 is 0 Å². The van der Waals surface area contributed by atoms with Crippen LogP contribution in [-0.2, 0) is 6.54 Å². The highest BCUT2D eigenvalue weighted by Gasteiger charge is 2.08. The van der Waals surface area contributed by atoms with Crippen molar-refractivity contribution in [1.29, 1.82) is 0 Å². The van der Waals surface area contributed by atoms with Crippen LogP contribution < -0.4 is 5.32 Å². The Hall–Kier alpha value is -1.97. The zero-order chi connectivity index (χ0) is 12.8. The molecule has 18 heavy (non-hydrogen) atoms. The van der Waals surface area contributed by atoms with Gasteiger partial charge < -0.3 is 5.32 Å². The lowest BCUT2D eigenvalue weighted by Gasteiger charge is -2.08. The number of nitrogens with zero attached hydrogens (tertiary/aromatic N) is 1. The van der Waals surface area contributed by atoms with Crippen molar-refractivity contribution in [2.75, 3.05) is 12.0 Å². The molecular weight excluding hydrogens is 234 g/mol. The van der Waals surface area contributed by atoms with E-state index in [1.165, 1.54) is 0 Å². The molecule has 2 nitrogen and oxygen atoms in total. The van der Waals surface area contributed by atoms with Crippen LogP contribution in [0.5, 0.6) is 0 Å². The summed E-state index contributed by atoms with van der Waals surface area (Å²) in [4.78, 5) is 4.01. The molecule has 0 radical (unpaired) electrons. The van der Waals surface area contributed by atoms with Gasteiger partial charge in [0, 0.05) is 24.6 Å². The lowest BCUT2D eigenvalue weighted by atomic mass is 10.1. The number of nitrogens with one attached hydrogen (secondary N) is 1. The standard InChI is InChI=1S/C14H14F2N2/c15-8-14(16)12-3-5-13(6-4-12)18-10-11-2-1-7-17-9-11/h1-7,9,14,18H,8,10H2. The molecule has 0 aliphatic carbocycles. The van der Waals surface area contributed by atoms with Crippen LogP contribution in [0.25, 0.3) is 0 Å². The van der Waals surface area contributed by atoms with Crippen molar-refractivity contribution in [3.05, 3.63) is 59.9 Å². The monoisotopic (exact) mass is 248 g/mol. The summed E-state index contributed by atoms with van der Waals surface area (Å²) in [5, 5.41) is 3.19. The smallest absolute Gasteiger partial charge is 0.153 e. The molecule has 1 aromatic heterocycles. The van der Waals surface area contributed by atoms with Crippen molar-refractivity contribution in [3.8, 4) is 0 Å². The first-order chi connectivity index (χ1) is 8.79. The molecule has 2 aromatic rings. The molecule has 4 heteroatoms. The first-order valence-corrected chi connectivity index (χ1v) is 5.72. The number of hydrogen-bond acceptors (Lipinski definition) is 2. The molecule has 2 rings (SSSR count). The predicted molar refractivity (Wildman–Crippen MR) is 67.8 cm³/mol. The summed E-state index contributed by atoms with van der Waals surface area (Å²) in [7, 11) is 0. The molecule has 0 saturated heterocycles. The van der Waals surface area contributed by atoms with E-state index in [1.54, 1.807) is 36.7 Å². The lowest BCUT2D eigenvalue weighted by Crippen LogP contribution is -2.00. The number of aromatic nitrogens is 1. The van der Waals surface area contributed by atoms with Gasteiger partial charge in [0.25, 0.3) is 0 Å². The Morgan fingerprint density at radius 1 is 1.17 bits per heavy atom. The minimum Gasteiger partial charge on any atom is -0.381 e. The molecule has 0 saturated carbocycles. The van der Waals surface area contributed by atoms with Gasteiger partial charge in [-0.1, -0.05) is 18.2 Å². The van der Waals surface area contributed by atoms with E-state index in [0.717, 1.165) is 11.3 Å². The number of alkyl halides is 2. The zero-order valence-corrected chi connectivity index (χ0v) is 9.81. The number of halogens is 2. The average molecular weight is 248 g/mol. The summed E-state index contributed by atoms with van der Waals surface area (Å²) in [5.41, 5.74) is 2.30. The fourth-order valence-corrected chi connectivity index (χ4v) is 1.61. The van der Waals surface area contributed by atoms with Gasteiger partial charge in [-0.05, 0) is 29.3 Å². The van der Waals surface area contributed by atoms with Gasteiger partial charge in [-0.3, -0.25) is 4.98 Å². The topological polar surface area (TPSA) is 24.9 Å². The Morgan fingerprint density at radius 2 is 1.94 bits per heavy atom. The predicted octanol–water partition coefficient (Wildman–Crippen LogP) is 3.67. The van der Waals surface area contributed by atoms with Crippen LogP contribution in [0, 0.1) is 0 Å². The summed E-state index contributed by atoms with van der Waals surface area (Å²) >= 11 is 0. The maximum atomic E-state index is 13.0. The summed E-state index contributed by atoms with van der Waals surface area (Å²) in [6.45, 7) is -0.336. The second-order valence-corrected chi connectivity index (χ2v) is 3.96. The molecule has 1 aromatic carbocycles. The van der Waals surface area contributed by atoms with Crippen molar-refractivity contribution in [3.63, 3.8) is 0 Å². The summed E-state index contributed by atoms with van der Waals surface area (Å²) < 4.78 is 25.2. The van der Waals surface area contributed by atoms with Gasteiger partial charge in [-0.2, -0.15) is 0 Å². The van der Waals surface area contributed by atoms with Gasteiger partial charge in [0.1, 0.15) is 6.67 Å². The highest BCUT2D eigenvalue weighted by atomic mass is 19.2. The first kappa shape index (κ1) is 12.5. The molecule has 0 aliphatic rings. The highest BCUT2D eigenvalue weighted by Crippen LogP contribution is 2.20. The lowest BCUT2D eigenvalue weighted by molar-refractivity contribution is 0.266. The van der Waals surface area contributed by atoms with Crippen LogP contribution in [0.3, 0.4) is 0 Å². The molecule has 1 N–H and O–H groups in total. The fraction of sp³-hybridized carbons (Fsp3) is 0.214. The maximum Gasteiger partial charge on any atom is 0.153 e. The average Bonchev–Trinajstić information content (AvgIpc) is 2.46. The second-order valence-electron chi connectivity index (χ2n) is 3.96. The van der Waals surface area contributed by atoms with Gasteiger partial charge in [-0.25, -0.2) is 8.78 Å². The van der Waals surface area contributed by atoms with E-state index >= 15 is 0 Å². The third kappa shape index (κ3) is 3.26. The highest BCUT2D eigenvalue weighted by molar-refractivity contribution is 5.45. The number of rotatable bonds is 5. The van der Waals surface area contributed by atoms with E-state index in [2.05, 4.69) is 10.3 Å². The van der Waals surface area contributed by atoms with Crippen molar-refractivity contribution in [2.45, 2.75) is 12.7 Å². The Kier molecular flexibility index (Phi) is 4.23. The number of hydrogen-bond donors (Lipinski definition) is 1. The van der Waals surface area contributed by atoms with Crippen molar-refractivity contribution in [1.82, 2.24) is 4.98 Å². The number of pyridine rings is 1. The Morgan fingerprint density at radius 3 is 2.56 bits per heavy atom. The summed E-state index contributed by atoms with van der Waals surface area (Å²) in [6, 6.07) is 10.5. The molecular formula is C14H14F2N2. The Labute approximate surface area is 105 Å². The molecule has 0 spiro atoms. The molecule has 1 heterocycles. The molecule has 1 atom stereocenters. The number of benzene rings is 1. The first-order valence-electron chi connectivity index (χ1n) is 5.72. The molecule has 0 bridgehead atoms. The van der Waals surface area contributed by atoms with Crippen LogP contribution in [0.15, 0.2) is 48.8 Å². The molecule has 0 aliphatic heterocycles. The minimum absolute atomic E-state index is 0.365. The molecule has 1 unspecified atom stereocenters. The van der Waals surface area contributed by atoms with E-state index in [-0.39, 0.29) is 0 Å². The van der Waals surface area contributed by atoms with Crippen LogP contribution in [0.1, 0.15) is 17.3 Å². The molecule has 94 valence electrons. The normalized spacial score (nSPS) is 12.1. The summed E-state index contributed by atoms with van der Waals surface area (Å²) in [5.74, 6) is 0. The second kappa shape index (κ2) is 6.10. The third-order valence-corrected chi connectivity index (χ3v) is 2.63. The van der Waals surface area contributed by atoms with E-state index in [4.69, 9.17) is 0 Å². The van der Waals surface area contributed by atoms with Crippen LogP contribution >= 0.6 is 0 Å². The van der Waals surface area contributed by atoms with Gasteiger partial charge in [0.05, 0.1) is 0 Å². The van der Waals surface area contributed by atoms with Crippen molar-refractivity contribution < 1.29 is 8.78 Å². The van der Waals surface area contributed by atoms with E-state index in [9.17, 15) is 8.78 Å². The fourth-order valence-electron chi connectivity index (χ4n) is 1.61. The van der Waals surface area contributed by atoms with E-state index in [0.29, 0.717) is 12.1 Å². The van der Waals surface area contributed by atoms with Crippen LogP contribution in [-0.4, -0.2) is 11.7 Å². The van der Waals surface area contributed by atoms with Gasteiger partial charge in [-0.15, -0.1) is 0 Å². The quantitative estimate of drug-likeness (QED) is 0.873. The van der Waals surface area contributed by atoms with E-state index in [1.807, 2.05) is 12.1 Å². The largest absolute Gasteiger partial charge is 0.381 e. The maximum absolute atomic E-state index is 13.0. The third-order valence-electron chi connectivity index (χ3n) is 2.63. The van der Waals surface area contributed by atoms with Crippen molar-refractivity contribution in [2.24, 2.45) is 0 Å². The van der Waals surface area contributed by atoms with E-state index < -0.39 is 12.8 Å².